The summed E-state index contributed by atoms with van der Waals surface area (Å²) in [5.74, 6) is 3.95. The van der Waals surface area contributed by atoms with Crippen LogP contribution in [0, 0.1) is 29.6 Å². The second-order valence-electron chi connectivity index (χ2n) is 10.3. The number of hydrogen-bond donors (Lipinski definition) is 3. The highest BCUT2D eigenvalue weighted by Crippen LogP contribution is 2.53. The van der Waals surface area contributed by atoms with E-state index in [1.807, 2.05) is 0 Å². The average Bonchev–Trinajstić information content (AvgIpc) is 3.41. The molecule has 3 aliphatic rings. The Bertz CT molecular complexity index is 677. The number of nitrogens with one attached hydrogen (secondary N) is 2. The van der Waals surface area contributed by atoms with Gasteiger partial charge < -0.3 is 15.7 Å². The van der Waals surface area contributed by atoms with Gasteiger partial charge in [0.2, 0.25) is 11.8 Å². The number of carboxylic acids is 1. The third kappa shape index (κ3) is 8.99. The predicted octanol–water partition coefficient (Wildman–Crippen LogP) is 4.40. The highest BCUT2D eigenvalue weighted by molar-refractivity contribution is 7.99. The largest absolute Gasteiger partial charge is 0.481 e. The maximum Gasteiger partial charge on any atom is 0.303 e. The van der Waals surface area contributed by atoms with Crippen molar-refractivity contribution in [2.24, 2.45) is 29.6 Å². The van der Waals surface area contributed by atoms with E-state index in [1.165, 1.54) is 51.4 Å². The molecule has 0 aliphatic heterocycles. The zero-order chi connectivity index (χ0) is 23.5. The van der Waals surface area contributed by atoms with Crippen molar-refractivity contribution in [1.29, 1.82) is 0 Å². The molecule has 3 N–H and O–H groups in total. The minimum atomic E-state index is -0.735. The first-order chi connectivity index (χ1) is 16.0. The zero-order valence-corrected chi connectivity index (χ0v) is 20.8. The first kappa shape index (κ1) is 26.1. The van der Waals surface area contributed by atoms with Gasteiger partial charge in [0.25, 0.3) is 0 Å². The quantitative estimate of drug-likeness (QED) is 0.254. The number of hydrogen-bond acceptors (Lipinski definition) is 4. The second-order valence-corrected chi connectivity index (χ2v) is 11.3. The Labute approximate surface area is 203 Å². The molecule has 3 rings (SSSR count). The fourth-order valence-corrected chi connectivity index (χ4v) is 7.23. The Kier molecular flexibility index (Phi) is 11.1. The summed E-state index contributed by atoms with van der Waals surface area (Å²) < 4.78 is 0. The minimum Gasteiger partial charge on any atom is -0.481 e. The Morgan fingerprint density at radius 2 is 1.67 bits per heavy atom. The zero-order valence-electron chi connectivity index (χ0n) is 19.9. The van der Waals surface area contributed by atoms with E-state index in [4.69, 9.17) is 5.11 Å². The molecule has 2 bridgehead atoms. The Balaban J connectivity index is 1.29. The van der Waals surface area contributed by atoms with E-state index in [2.05, 4.69) is 22.8 Å². The van der Waals surface area contributed by atoms with E-state index in [0.717, 1.165) is 30.4 Å². The van der Waals surface area contributed by atoms with Gasteiger partial charge in [0.05, 0.1) is 12.3 Å². The van der Waals surface area contributed by atoms with Crippen LogP contribution in [0.3, 0.4) is 0 Å². The predicted molar refractivity (Wildman–Crippen MR) is 133 cm³/mol. The number of carbonyl (C=O) groups is 3. The molecule has 0 aromatic rings. The maximum atomic E-state index is 12.3. The molecular formula is C26H42N2O4S. The molecule has 0 aromatic heterocycles. The van der Waals surface area contributed by atoms with Crippen molar-refractivity contribution in [3.8, 4) is 0 Å². The molecule has 7 heteroatoms. The number of carbonyl (C=O) groups excluding carboxylic acids is 2. The lowest BCUT2D eigenvalue weighted by Gasteiger charge is -2.30. The van der Waals surface area contributed by atoms with Gasteiger partial charge in [0, 0.05) is 13.0 Å². The van der Waals surface area contributed by atoms with E-state index >= 15 is 0 Å². The first-order valence-electron chi connectivity index (χ1n) is 13.0. The first-order valence-corrected chi connectivity index (χ1v) is 14.2. The van der Waals surface area contributed by atoms with Gasteiger partial charge in [-0.05, 0) is 86.7 Å². The Morgan fingerprint density at radius 1 is 0.909 bits per heavy atom. The van der Waals surface area contributed by atoms with Crippen molar-refractivity contribution in [3.05, 3.63) is 12.2 Å². The Hall–Kier alpha value is -1.50. The lowest BCUT2D eigenvalue weighted by atomic mass is 9.77. The molecular weight excluding hydrogens is 436 g/mol. The van der Waals surface area contributed by atoms with E-state index in [1.54, 1.807) is 11.8 Å². The molecule has 6 nitrogen and oxygen atoms in total. The van der Waals surface area contributed by atoms with Gasteiger partial charge >= 0.3 is 5.97 Å². The highest BCUT2D eigenvalue weighted by Gasteiger charge is 2.46. The SMILES string of the molecule is O=C(O)CCCC=CC[C@@H]1[C@@H]2CC[C@@H](C2)[C@@H]1CNC(=O)CNC(=O)CSCC1CCCCC1. The monoisotopic (exact) mass is 478 g/mol. The van der Waals surface area contributed by atoms with Crippen molar-refractivity contribution in [2.45, 2.75) is 77.0 Å². The van der Waals surface area contributed by atoms with Crippen LogP contribution in [0.1, 0.15) is 77.0 Å². The number of amides is 2. The molecule has 0 unspecified atom stereocenters. The van der Waals surface area contributed by atoms with E-state index in [9.17, 15) is 14.4 Å². The van der Waals surface area contributed by atoms with Crippen LogP contribution in [-0.2, 0) is 14.4 Å². The molecule has 3 saturated carbocycles. The molecule has 4 atom stereocenters. The third-order valence-electron chi connectivity index (χ3n) is 7.90. The number of aliphatic carboxylic acids is 1. The third-order valence-corrected chi connectivity index (χ3v) is 9.08. The molecule has 0 radical (unpaired) electrons. The van der Waals surface area contributed by atoms with Crippen molar-refractivity contribution < 1.29 is 19.5 Å². The van der Waals surface area contributed by atoms with Gasteiger partial charge in [-0.2, -0.15) is 11.8 Å². The van der Waals surface area contributed by atoms with Crippen LogP contribution in [0.4, 0.5) is 0 Å². The van der Waals surface area contributed by atoms with Gasteiger partial charge in [-0.1, -0.05) is 31.4 Å². The molecule has 0 aromatic carbocycles. The summed E-state index contributed by atoms with van der Waals surface area (Å²) in [7, 11) is 0. The summed E-state index contributed by atoms with van der Waals surface area (Å²) in [5.41, 5.74) is 0. The Morgan fingerprint density at radius 3 is 2.42 bits per heavy atom. The topological polar surface area (TPSA) is 95.5 Å². The number of carboxylic acid groups (broad SMARTS) is 1. The summed E-state index contributed by atoms with van der Waals surface area (Å²) in [6.45, 7) is 0.765. The van der Waals surface area contributed by atoms with Gasteiger partial charge in [-0.25, -0.2) is 0 Å². The molecule has 2 amide bonds. The van der Waals surface area contributed by atoms with E-state index in [0.29, 0.717) is 36.5 Å². The lowest BCUT2D eigenvalue weighted by molar-refractivity contribution is -0.137. The van der Waals surface area contributed by atoms with Crippen molar-refractivity contribution in [3.63, 3.8) is 0 Å². The van der Waals surface area contributed by atoms with Crippen LogP contribution in [0.15, 0.2) is 12.2 Å². The van der Waals surface area contributed by atoms with Crippen molar-refractivity contribution >= 4 is 29.5 Å². The second kappa shape index (κ2) is 14.0. The average molecular weight is 479 g/mol. The lowest BCUT2D eigenvalue weighted by Crippen LogP contribution is -2.41. The minimum absolute atomic E-state index is 0.0446. The molecule has 3 fully saturated rings. The summed E-state index contributed by atoms with van der Waals surface area (Å²) >= 11 is 1.70. The molecule has 3 aliphatic carbocycles. The standard InChI is InChI=1S/C26H42N2O4S/c29-24(16-28-25(30)18-33-17-19-8-4-3-5-9-19)27-15-23-21-13-12-20(14-21)22(23)10-6-1-2-7-11-26(31)32/h1,6,19-23H,2-5,7-18H2,(H,27,29)(H,28,30)(H,31,32)/t20-,21+,22-,23+/m1/s1. The molecule has 0 heterocycles. The molecule has 0 spiro atoms. The number of thioether (sulfide) groups is 1. The number of unbranched alkanes of at least 4 members (excludes halogenated alkanes) is 1. The fraction of sp³-hybridized carbons (Fsp3) is 0.808. The summed E-state index contributed by atoms with van der Waals surface area (Å²) in [5, 5.41) is 14.6. The molecule has 0 saturated heterocycles. The summed E-state index contributed by atoms with van der Waals surface area (Å²) in [4.78, 5) is 35.0. The van der Waals surface area contributed by atoms with Crippen LogP contribution >= 0.6 is 11.8 Å². The number of allylic oxidation sites excluding steroid dienone is 2. The van der Waals surface area contributed by atoms with Crippen LogP contribution in [0.5, 0.6) is 0 Å². The van der Waals surface area contributed by atoms with Crippen LogP contribution in [-0.4, -0.2) is 47.5 Å². The van der Waals surface area contributed by atoms with Gasteiger partial charge in [-0.15, -0.1) is 0 Å². The van der Waals surface area contributed by atoms with Gasteiger partial charge in [0.1, 0.15) is 0 Å². The van der Waals surface area contributed by atoms with E-state index in [-0.39, 0.29) is 24.8 Å². The highest BCUT2D eigenvalue weighted by atomic mass is 32.2. The fourth-order valence-electron chi connectivity index (χ4n) is 6.15. The van der Waals surface area contributed by atoms with Crippen molar-refractivity contribution in [2.75, 3.05) is 24.6 Å². The number of rotatable bonds is 14. The number of fused-ring (bicyclic) bond motifs is 2. The van der Waals surface area contributed by atoms with Gasteiger partial charge in [0.15, 0.2) is 0 Å². The van der Waals surface area contributed by atoms with Crippen LogP contribution in [0.25, 0.3) is 0 Å². The normalized spacial score (nSPS) is 27.2. The summed E-state index contributed by atoms with van der Waals surface area (Å²) in [6.07, 6.45) is 17.5. The van der Waals surface area contributed by atoms with Crippen LogP contribution in [0.2, 0.25) is 0 Å². The van der Waals surface area contributed by atoms with Crippen LogP contribution < -0.4 is 10.6 Å². The van der Waals surface area contributed by atoms with E-state index < -0.39 is 5.97 Å². The van der Waals surface area contributed by atoms with Crippen molar-refractivity contribution in [1.82, 2.24) is 10.6 Å². The van der Waals surface area contributed by atoms with Gasteiger partial charge in [-0.3, -0.25) is 14.4 Å². The maximum absolute atomic E-state index is 12.3. The molecule has 186 valence electrons. The molecule has 33 heavy (non-hydrogen) atoms. The smallest absolute Gasteiger partial charge is 0.303 e. The summed E-state index contributed by atoms with van der Waals surface area (Å²) in [6, 6.07) is 0.